The summed E-state index contributed by atoms with van der Waals surface area (Å²) < 4.78 is 26.8. The topological polar surface area (TPSA) is 26.0 Å². The van der Waals surface area contributed by atoms with Crippen LogP contribution in [0.1, 0.15) is 38.7 Å². The van der Waals surface area contributed by atoms with Crippen molar-refractivity contribution >= 4 is 0 Å². The Morgan fingerprint density at radius 3 is 2.55 bits per heavy atom. The van der Waals surface area contributed by atoms with Crippen molar-refractivity contribution in [2.75, 3.05) is 6.54 Å². The van der Waals surface area contributed by atoms with E-state index in [9.17, 15) is 8.78 Å². The van der Waals surface area contributed by atoms with Crippen LogP contribution in [0.5, 0.6) is 0 Å². The van der Waals surface area contributed by atoms with E-state index < -0.39 is 11.6 Å². The average Bonchev–Trinajstić information content (AvgIpc) is 2.41. The van der Waals surface area contributed by atoms with Crippen LogP contribution in [0.15, 0.2) is 18.2 Å². The molecule has 112 valence electrons. The van der Waals surface area contributed by atoms with E-state index >= 15 is 0 Å². The largest absolute Gasteiger partial charge is 0.330 e. The molecule has 3 atom stereocenters. The van der Waals surface area contributed by atoms with Crippen LogP contribution < -0.4 is 5.73 Å². The molecule has 0 spiro atoms. The summed E-state index contributed by atoms with van der Waals surface area (Å²) >= 11 is 0. The number of halogens is 2. The van der Waals surface area contributed by atoms with Crippen LogP contribution in [0.3, 0.4) is 0 Å². The van der Waals surface area contributed by atoms with Gasteiger partial charge in [0.15, 0.2) is 0 Å². The van der Waals surface area contributed by atoms with E-state index in [1.54, 1.807) is 6.07 Å². The number of benzene rings is 1. The first-order valence-corrected chi connectivity index (χ1v) is 7.65. The molecule has 0 saturated heterocycles. The summed E-state index contributed by atoms with van der Waals surface area (Å²) in [6.45, 7) is 5.17. The van der Waals surface area contributed by atoms with Gasteiger partial charge in [-0.2, -0.15) is 0 Å². The monoisotopic (exact) mass is 281 g/mol. The minimum absolute atomic E-state index is 0.418. The fourth-order valence-electron chi connectivity index (χ4n) is 3.50. The molecule has 0 aromatic heterocycles. The zero-order chi connectivity index (χ0) is 14.7. The van der Waals surface area contributed by atoms with Crippen molar-refractivity contribution in [2.45, 2.75) is 39.5 Å². The van der Waals surface area contributed by atoms with Gasteiger partial charge in [0.05, 0.1) is 0 Å². The van der Waals surface area contributed by atoms with Crippen molar-refractivity contribution in [1.82, 2.24) is 0 Å². The second kappa shape index (κ2) is 6.66. The molecule has 3 unspecified atom stereocenters. The fourth-order valence-corrected chi connectivity index (χ4v) is 3.50. The zero-order valence-electron chi connectivity index (χ0n) is 12.4. The van der Waals surface area contributed by atoms with Crippen molar-refractivity contribution in [1.29, 1.82) is 0 Å². The Morgan fingerprint density at radius 2 is 1.95 bits per heavy atom. The van der Waals surface area contributed by atoms with E-state index in [1.807, 2.05) is 0 Å². The van der Waals surface area contributed by atoms with Gasteiger partial charge in [-0.25, -0.2) is 8.78 Å². The van der Waals surface area contributed by atoms with Gasteiger partial charge < -0.3 is 5.73 Å². The van der Waals surface area contributed by atoms with Gasteiger partial charge in [0.25, 0.3) is 0 Å². The Kier molecular flexibility index (Phi) is 5.14. The van der Waals surface area contributed by atoms with Crippen molar-refractivity contribution < 1.29 is 8.78 Å². The highest BCUT2D eigenvalue weighted by Gasteiger charge is 2.31. The Hall–Kier alpha value is -0.960. The molecule has 1 aromatic rings. The molecule has 2 rings (SSSR count). The molecule has 0 heterocycles. The van der Waals surface area contributed by atoms with E-state index in [4.69, 9.17) is 5.73 Å². The highest BCUT2D eigenvalue weighted by Crippen LogP contribution is 2.39. The smallest absolute Gasteiger partial charge is 0.129 e. The standard InChI is InChI=1S/C17H25F2N/c1-11(2)12-3-4-14(10-20)15(7-12)8-13-5-6-16(18)9-17(13)19/h5-6,9,11-12,14-15H,3-4,7-8,10,20H2,1-2H3. The number of hydrogen-bond donors (Lipinski definition) is 1. The van der Waals surface area contributed by atoms with Crippen molar-refractivity contribution in [3.05, 3.63) is 35.4 Å². The van der Waals surface area contributed by atoms with Crippen LogP contribution in [0, 0.1) is 35.3 Å². The van der Waals surface area contributed by atoms with E-state index in [0.717, 1.165) is 18.9 Å². The third kappa shape index (κ3) is 3.57. The predicted molar refractivity (Wildman–Crippen MR) is 78.3 cm³/mol. The van der Waals surface area contributed by atoms with Crippen LogP contribution in [0.4, 0.5) is 8.78 Å². The first-order chi connectivity index (χ1) is 9.51. The molecule has 1 aliphatic rings. The normalized spacial score (nSPS) is 27.0. The lowest BCUT2D eigenvalue weighted by Gasteiger charge is -2.37. The summed E-state index contributed by atoms with van der Waals surface area (Å²) in [5.41, 5.74) is 6.50. The minimum Gasteiger partial charge on any atom is -0.330 e. The van der Waals surface area contributed by atoms with Crippen molar-refractivity contribution in [3.8, 4) is 0 Å². The minimum atomic E-state index is -0.509. The van der Waals surface area contributed by atoms with E-state index in [2.05, 4.69) is 13.8 Å². The molecule has 0 bridgehead atoms. The number of nitrogens with two attached hydrogens (primary N) is 1. The second-order valence-corrected chi connectivity index (χ2v) is 6.51. The van der Waals surface area contributed by atoms with Gasteiger partial charge in [-0.3, -0.25) is 0 Å². The molecule has 1 aromatic carbocycles. The maximum Gasteiger partial charge on any atom is 0.129 e. The lowest BCUT2D eigenvalue weighted by Crippen LogP contribution is -2.33. The molecule has 2 N–H and O–H groups in total. The summed E-state index contributed by atoms with van der Waals surface area (Å²) in [6.07, 6.45) is 4.14. The van der Waals surface area contributed by atoms with Crippen LogP contribution in [-0.4, -0.2) is 6.54 Å². The number of hydrogen-bond acceptors (Lipinski definition) is 1. The van der Waals surface area contributed by atoms with E-state index in [0.29, 0.717) is 42.2 Å². The third-order valence-electron chi connectivity index (χ3n) is 4.92. The van der Waals surface area contributed by atoms with Gasteiger partial charge in [0, 0.05) is 6.07 Å². The van der Waals surface area contributed by atoms with Crippen LogP contribution in [0.2, 0.25) is 0 Å². The van der Waals surface area contributed by atoms with Crippen LogP contribution >= 0.6 is 0 Å². The molecule has 1 nitrogen and oxygen atoms in total. The first kappa shape index (κ1) is 15.4. The van der Waals surface area contributed by atoms with Gasteiger partial charge >= 0.3 is 0 Å². The van der Waals surface area contributed by atoms with Crippen molar-refractivity contribution in [2.24, 2.45) is 29.4 Å². The molecular weight excluding hydrogens is 256 g/mol. The Labute approximate surface area is 120 Å². The Morgan fingerprint density at radius 1 is 1.20 bits per heavy atom. The third-order valence-corrected chi connectivity index (χ3v) is 4.92. The molecule has 0 aliphatic heterocycles. The molecule has 1 aliphatic carbocycles. The highest BCUT2D eigenvalue weighted by molar-refractivity contribution is 5.19. The van der Waals surface area contributed by atoms with Crippen molar-refractivity contribution in [3.63, 3.8) is 0 Å². The summed E-state index contributed by atoms with van der Waals surface area (Å²) in [6, 6.07) is 3.91. The Bertz CT molecular complexity index is 445. The zero-order valence-corrected chi connectivity index (χ0v) is 12.4. The van der Waals surface area contributed by atoms with E-state index in [-0.39, 0.29) is 0 Å². The average molecular weight is 281 g/mol. The SMILES string of the molecule is CC(C)C1CCC(CN)C(Cc2ccc(F)cc2F)C1. The molecule has 1 fully saturated rings. The summed E-state index contributed by atoms with van der Waals surface area (Å²) in [7, 11) is 0. The maximum absolute atomic E-state index is 13.8. The molecule has 3 heteroatoms. The Balaban J connectivity index is 2.11. The lowest BCUT2D eigenvalue weighted by atomic mass is 9.69. The molecule has 0 amide bonds. The van der Waals surface area contributed by atoms with Gasteiger partial charge in [0.1, 0.15) is 11.6 Å². The maximum atomic E-state index is 13.8. The fraction of sp³-hybridized carbons (Fsp3) is 0.647. The second-order valence-electron chi connectivity index (χ2n) is 6.51. The molecular formula is C17H25F2N. The van der Waals surface area contributed by atoms with Crippen LogP contribution in [-0.2, 0) is 6.42 Å². The molecule has 1 saturated carbocycles. The molecule has 0 radical (unpaired) electrons. The molecule has 20 heavy (non-hydrogen) atoms. The van der Waals surface area contributed by atoms with E-state index in [1.165, 1.54) is 12.5 Å². The van der Waals surface area contributed by atoms with Gasteiger partial charge in [0.2, 0.25) is 0 Å². The summed E-state index contributed by atoms with van der Waals surface area (Å²) in [4.78, 5) is 0. The summed E-state index contributed by atoms with van der Waals surface area (Å²) in [5, 5.41) is 0. The van der Waals surface area contributed by atoms with Crippen LogP contribution in [0.25, 0.3) is 0 Å². The van der Waals surface area contributed by atoms with Gasteiger partial charge in [-0.05, 0) is 67.5 Å². The lowest BCUT2D eigenvalue weighted by molar-refractivity contribution is 0.150. The quantitative estimate of drug-likeness (QED) is 0.881. The predicted octanol–water partition coefficient (Wildman–Crippen LogP) is 4.15. The summed E-state index contributed by atoms with van der Waals surface area (Å²) in [5.74, 6) is 1.31. The van der Waals surface area contributed by atoms with Gasteiger partial charge in [-0.1, -0.05) is 19.9 Å². The first-order valence-electron chi connectivity index (χ1n) is 7.65. The highest BCUT2D eigenvalue weighted by atomic mass is 19.1. The van der Waals surface area contributed by atoms with Gasteiger partial charge in [-0.15, -0.1) is 0 Å². The number of rotatable bonds is 4.